The summed E-state index contributed by atoms with van der Waals surface area (Å²) in [6, 6.07) is 11.8. The number of carbonyl (C=O) groups is 2. The summed E-state index contributed by atoms with van der Waals surface area (Å²) in [5.74, 6) is -1.27. The summed E-state index contributed by atoms with van der Waals surface area (Å²) in [6.45, 7) is 1.11. The molecule has 1 aromatic heterocycles. The van der Waals surface area contributed by atoms with Gasteiger partial charge in [0.25, 0.3) is 5.91 Å². The number of hydrogen-bond donors (Lipinski definition) is 2. The fourth-order valence-electron chi connectivity index (χ4n) is 3.47. The van der Waals surface area contributed by atoms with Crippen LogP contribution in [0.15, 0.2) is 48.7 Å². The van der Waals surface area contributed by atoms with Crippen LogP contribution in [0.25, 0.3) is 10.9 Å². The van der Waals surface area contributed by atoms with Gasteiger partial charge in [-0.25, -0.2) is 9.48 Å². The number of carboxylic acids is 1. The lowest BCUT2D eigenvalue weighted by Crippen LogP contribution is -2.23. The molecule has 0 radical (unpaired) electrons. The van der Waals surface area contributed by atoms with Crippen molar-refractivity contribution in [3.63, 3.8) is 0 Å². The van der Waals surface area contributed by atoms with Crippen molar-refractivity contribution in [3.8, 4) is 0 Å². The molecule has 2 N–H and O–H groups in total. The summed E-state index contributed by atoms with van der Waals surface area (Å²) in [7, 11) is 0. The van der Waals surface area contributed by atoms with Gasteiger partial charge in [0, 0.05) is 24.1 Å². The molecule has 1 atom stereocenters. The average molecular weight is 379 g/mol. The van der Waals surface area contributed by atoms with Gasteiger partial charge in [-0.1, -0.05) is 12.1 Å². The summed E-state index contributed by atoms with van der Waals surface area (Å²) < 4.78 is 7.76. The number of hydrogen-bond acceptors (Lipinski definition) is 4. The van der Waals surface area contributed by atoms with E-state index in [0.717, 1.165) is 42.3 Å². The smallest absolute Gasteiger partial charge is 0.335 e. The largest absolute Gasteiger partial charge is 0.478 e. The number of fused-ring (bicyclic) bond motifs is 1. The third kappa shape index (κ3) is 3.61. The minimum Gasteiger partial charge on any atom is -0.478 e. The number of rotatable bonds is 5. The molecule has 1 aliphatic heterocycles. The molecule has 1 amide bonds. The molecule has 3 aromatic rings. The summed E-state index contributed by atoms with van der Waals surface area (Å²) in [5.41, 5.74) is 2.53. The summed E-state index contributed by atoms with van der Waals surface area (Å²) >= 11 is 0. The fourth-order valence-corrected chi connectivity index (χ4v) is 3.47. The molecule has 7 heteroatoms. The maximum absolute atomic E-state index is 12.4. The second-order valence-electron chi connectivity index (χ2n) is 6.83. The van der Waals surface area contributed by atoms with Crippen LogP contribution in [-0.2, 0) is 11.3 Å². The number of benzene rings is 2. The number of carboxylic acid groups (broad SMARTS) is 1. The van der Waals surface area contributed by atoms with Crippen molar-refractivity contribution >= 4 is 22.8 Å². The van der Waals surface area contributed by atoms with Gasteiger partial charge in [0.15, 0.2) is 6.23 Å². The maximum Gasteiger partial charge on any atom is 0.335 e. The van der Waals surface area contributed by atoms with Gasteiger partial charge in [0.1, 0.15) is 0 Å². The van der Waals surface area contributed by atoms with Crippen LogP contribution in [0, 0.1) is 0 Å². The lowest BCUT2D eigenvalue weighted by Gasteiger charge is -2.23. The highest BCUT2D eigenvalue weighted by atomic mass is 16.5. The van der Waals surface area contributed by atoms with Gasteiger partial charge < -0.3 is 15.2 Å². The quantitative estimate of drug-likeness (QED) is 0.709. The molecule has 4 rings (SSSR count). The van der Waals surface area contributed by atoms with E-state index in [4.69, 9.17) is 9.84 Å². The normalized spacial score (nSPS) is 16.8. The molecule has 0 spiro atoms. The lowest BCUT2D eigenvalue weighted by atomic mass is 10.1. The highest BCUT2D eigenvalue weighted by Gasteiger charge is 2.19. The van der Waals surface area contributed by atoms with Crippen LogP contribution in [0.2, 0.25) is 0 Å². The third-order valence-electron chi connectivity index (χ3n) is 4.99. The van der Waals surface area contributed by atoms with Crippen LogP contribution in [-0.4, -0.2) is 33.4 Å². The van der Waals surface area contributed by atoms with Crippen molar-refractivity contribution in [3.05, 3.63) is 65.4 Å². The van der Waals surface area contributed by atoms with Crippen LogP contribution >= 0.6 is 0 Å². The predicted molar refractivity (Wildman–Crippen MR) is 103 cm³/mol. The van der Waals surface area contributed by atoms with Crippen molar-refractivity contribution in [2.45, 2.75) is 32.0 Å². The predicted octanol–water partition coefficient (Wildman–Crippen LogP) is 3.36. The van der Waals surface area contributed by atoms with Crippen LogP contribution in [0.3, 0.4) is 0 Å². The van der Waals surface area contributed by atoms with E-state index in [2.05, 4.69) is 10.4 Å². The Balaban J connectivity index is 1.49. The Bertz CT molecular complexity index is 1000. The molecule has 2 heterocycles. The number of ether oxygens (including phenoxy) is 1. The number of carbonyl (C=O) groups excluding carboxylic acids is 1. The van der Waals surface area contributed by atoms with E-state index in [1.54, 1.807) is 0 Å². The number of nitrogens with one attached hydrogen (secondary N) is 1. The van der Waals surface area contributed by atoms with E-state index < -0.39 is 5.97 Å². The molecule has 1 saturated heterocycles. The van der Waals surface area contributed by atoms with Crippen molar-refractivity contribution in [1.29, 1.82) is 0 Å². The number of amides is 1. The van der Waals surface area contributed by atoms with E-state index in [1.165, 1.54) is 24.3 Å². The zero-order chi connectivity index (χ0) is 19.5. The first-order chi connectivity index (χ1) is 13.6. The van der Waals surface area contributed by atoms with E-state index in [9.17, 15) is 9.59 Å². The van der Waals surface area contributed by atoms with Crippen LogP contribution in [0.4, 0.5) is 0 Å². The summed E-state index contributed by atoms with van der Waals surface area (Å²) in [6.07, 6.45) is 4.94. The molecule has 28 heavy (non-hydrogen) atoms. The number of aromatic nitrogens is 2. The Labute approximate surface area is 161 Å². The zero-order valence-electron chi connectivity index (χ0n) is 15.3. The molecule has 0 aliphatic carbocycles. The molecule has 1 unspecified atom stereocenters. The van der Waals surface area contributed by atoms with Gasteiger partial charge in [-0.15, -0.1) is 0 Å². The Hall–Kier alpha value is -3.19. The van der Waals surface area contributed by atoms with Gasteiger partial charge in [-0.05, 0) is 55.2 Å². The molecule has 0 saturated carbocycles. The highest BCUT2D eigenvalue weighted by Crippen LogP contribution is 2.27. The van der Waals surface area contributed by atoms with E-state index in [-0.39, 0.29) is 17.7 Å². The summed E-state index contributed by atoms with van der Waals surface area (Å²) in [5, 5.41) is 17.3. The van der Waals surface area contributed by atoms with Gasteiger partial charge in [0.2, 0.25) is 0 Å². The van der Waals surface area contributed by atoms with Gasteiger partial charge in [0.05, 0.1) is 17.3 Å². The molecule has 2 aromatic carbocycles. The SMILES string of the molecule is O=C(O)c1ccc(C(=O)NCc2cccc3c2cnn3C2CCCCO2)cc1. The lowest BCUT2D eigenvalue weighted by molar-refractivity contribution is -0.0366. The molecule has 144 valence electrons. The molecular formula is C21H21N3O4. The Morgan fingerprint density at radius 2 is 1.93 bits per heavy atom. The van der Waals surface area contributed by atoms with Crippen molar-refractivity contribution < 1.29 is 19.4 Å². The first-order valence-electron chi connectivity index (χ1n) is 9.32. The third-order valence-corrected chi connectivity index (χ3v) is 4.99. The highest BCUT2D eigenvalue weighted by molar-refractivity contribution is 5.96. The monoisotopic (exact) mass is 379 g/mol. The van der Waals surface area contributed by atoms with E-state index >= 15 is 0 Å². The molecule has 0 bridgehead atoms. The van der Waals surface area contributed by atoms with Crippen LogP contribution < -0.4 is 5.32 Å². The minimum absolute atomic E-state index is 0.0381. The molecule has 7 nitrogen and oxygen atoms in total. The molecule has 1 fully saturated rings. The van der Waals surface area contributed by atoms with Gasteiger partial charge >= 0.3 is 5.97 Å². The molecular weight excluding hydrogens is 358 g/mol. The fraction of sp³-hybridized carbons (Fsp3) is 0.286. The molecule has 1 aliphatic rings. The number of nitrogens with zero attached hydrogens (tertiary/aromatic N) is 2. The Morgan fingerprint density at radius 1 is 1.14 bits per heavy atom. The van der Waals surface area contributed by atoms with E-state index in [1.807, 2.05) is 29.1 Å². The van der Waals surface area contributed by atoms with Gasteiger partial charge in [-0.2, -0.15) is 5.10 Å². The average Bonchev–Trinajstić information content (AvgIpc) is 3.17. The zero-order valence-corrected chi connectivity index (χ0v) is 15.3. The van der Waals surface area contributed by atoms with Crippen LogP contribution in [0.5, 0.6) is 0 Å². The summed E-state index contributed by atoms with van der Waals surface area (Å²) in [4.78, 5) is 23.3. The van der Waals surface area contributed by atoms with Crippen molar-refractivity contribution in [1.82, 2.24) is 15.1 Å². The van der Waals surface area contributed by atoms with Crippen LogP contribution in [0.1, 0.15) is 51.8 Å². The minimum atomic E-state index is -1.02. The maximum atomic E-state index is 12.4. The Morgan fingerprint density at radius 3 is 2.64 bits per heavy atom. The topological polar surface area (TPSA) is 93.5 Å². The second-order valence-corrected chi connectivity index (χ2v) is 6.83. The number of aromatic carboxylic acids is 1. The first-order valence-corrected chi connectivity index (χ1v) is 9.32. The second kappa shape index (κ2) is 7.82. The first kappa shape index (κ1) is 18.2. The standard InChI is InChI=1S/C21H21N3O4/c25-20(14-7-9-15(10-8-14)21(26)27)22-12-16-4-3-5-18-17(16)13-23-24(18)19-6-1-2-11-28-19/h3-5,7-10,13,19H,1-2,6,11-12H2,(H,22,25)(H,26,27). The Kier molecular flexibility index (Phi) is 5.08. The van der Waals surface area contributed by atoms with E-state index in [0.29, 0.717) is 12.1 Å². The van der Waals surface area contributed by atoms with Crippen molar-refractivity contribution in [2.75, 3.05) is 6.61 Å². The van der Waals surface area contributed by atoms with Gasteiger partial charge in [-0.3, -0.25) is 4.79 Å². The van der Waals surface area contributed by atoms with Crippen molar-refractivity contribution in [2.24, 2.45) is 0 Å².